The Balaban J connectivity index is 0.000000206. The van der Waals surface area contributed by atoms with Crippen LogP contribution in [-0.2, 0) is 0 Å². The third kappa shape index (κ3) is 12.3. The summed E-state index contributed by atoms with van der Waals surface area (Å²) >= 11 is 0. The Morgan fingerprint density at radius 3 is 1.89 bits per heavy atom. The first-order valence-electron chi connectivity index (χ1n) is 13.9. The van der Waals surface area contributed by atoms with E-state index in [2.05, 4.69) is 11.9 Å². The molecular formula is C35H37NO8. The van der Waals surface area contributed by atoms with Crippen molar-refractivity contribution in [3.63, 3.8) is 0 Å². The average molecular weight is 600 g/mol. The standard InChI is InChI=1S/C10H12O2.C9H8O3.C9H10O2.C7H7NO/c1-2-7-12-10-5-3-9(8-11)4-6-10;10-6-7-1-2-8-9(5-7)12-4-3-11-8;1-7-5-8(6-10)3-4-9(7)11-2;1-6-3-2-4-7(5-9)8-6/h3-6,8H,2,7H2,1H3;1-2,5-6H,3-4H2;3-6H,1-2H3;2-5H,1H3. The molecule has 0 N–H and O–H groups in total. The summed E-state index contributed by atoms with van der Waals surface area (Å²) in [6.45, 7) is 7.67. The Hall–Kier alpha value is -5.31. The quantitative estimate of drug-likeness (QED) is 0.207. The molecule has 44 heavy (non-hydrogen) atoms. The molecule has 0 bridgehead atoms. The topological polar surface area (TPSA) is 118 Å². The third-order valence-corrected chi connectivity index (χ3v) is 5.78. The molecule has 0 radical (unpaired) electrons. The molecule has 2 heterocycles. The van der Waals surface area contributed by atoms with Crippen LogP contribution in [0.25, 0.3) is 0 Å². The van der Waals surface area contributed by atoms with Crippen molar-refractivity contribution in [2.24, 2.45) is 0 Å². The molecular weight excluding hydrogens is 562 g/mol. The number of carbonyl (C=O) groups is 4. The maximum absolute atomic E-state index is 10.4. The molecule has 230 valence electrons. The lowest BCUT2D eigenvalue weighted by Crippen LogP contribution is -2.15. The minimum absolute atomic E-state index is 0.495. The number of carbonyl (C=O) groups excluding carboxylic acids is 4. The van der Waals surface area contributed by atoms with E-state index in [4.69, 9.17) is 18.9 Å². The van der Waals surface area contributed by atoms with Gasteiger partial charge in [0, 0.05) is 22.4 Å². The maximum Gasteiger partial charge on any atom is 0.168 e. The van der Waals surface area contributed by atoms with Crippen molar-refractivity contribution in [3.05, 3.63) is 113 Å². The fourth-order valence-corrected chi connectivity index (χ4v) is 3.60. The van der Waals surface area contributed by atoms with Gasteiger partial charge in [-0.05, 0) is 98.6 Å². The van der Waals surface area contributed by atoms with Crippen molar-refractivity contribution in [3.8, 4) is 23.0 Å². The first-order valence-corrected chi connectivity index (χ1v) is 13.9. The van der Waals surface area contributed by atoms with Crippen LogP contribution < -0.4 is 18.9 Å². The van der Waals surface area contributed by atoms with E-state index in [0.29, 0.717) is 47.1 Å². The number of nitrogens with zero attached hydrogens (tertiary/aromatic N) is 1. The number of aryl methyl sites for hydroxylation is 2. The lowest BCUT2D eigenvalue weighted by Gasteiger charge is -2.17. The molecule has 9 heteroatoms. The van der Waals surface area contributed by atoms with Crippen LogP contribution in [-0.4, -0.2) is 57.1 Å². The molecule has 0 saturated carbocycles. The van der Waals surface area contributed by atoms with E-state index in [-0.39, 0.29) is 0 Å². The summed E-state index contributed by atoms with van der Waals surface area (Å²) in [5.41, 5.74) is 4.33. The number of methoxy groups -OCH3 is 1. The highest BCUT2D eigenvalue weighted by Crippen LogP contribution is 2.30. The molecule has 0 saturated heterocycles. The highest BCUT2D eigenvalue weighted by molar-refractivity contribution is 5.77. The molecule has 0 spiro atoms. The Bertz CT molecular complexity index is 1480. The minimum Gasteiger partial charge on any atom is -0.496 e. The van der Waals surface area contributed by atoms with Gasteiger partial charge in [0.2, 0.25) is 0 Å². The molecule has 0 unspecified atom stereocenters. The van der Waals surface area contributed by atoms with Crippen LogP contribution in [0.2, 0.25) is 0 Å². The van der Waals surface area contributed by atoms with Crippen LogP contribution in [0.5, 0.6) is 23.0 Å². The largest absolute Gasteiger partial charge is 0.496 e. The molecule has 5 rings (SSSR count). The molecule has 0 fully saturated rings. The first kappa shape index (κ1) is 34.9. The van der Waals surface area contributed by atoms with Gasteiger partial charge in [-0.1, -0.05) is 13.0 Å². The smallest absolute Gasteiger partial charge is 0.168 e. The summed E-state index contributed by atoms with van der Waals surface area (Å²) < 4.78 is 20.9. The number of benzene rings is 3. The molecule has 0 atom stereocenters. The minimum atomic E-state index is 0.495. The number of hydrogen-bond acceptors (Lipinski definition) is 9. The lowest BCUT2D eigenvalue weighted by molar-refractivity contribution is 0.111. The Morgan fingerprint density at radius 2 is 1.34 bits per heavy atom. The molecule has 9 nitrogen and oxygen atoms in total. The average Bonchev–Trinajstić information content (AvgIpc) is 3.08. The van der Waals surface area contributed by atoms with Crippen molar-refractivity contribution in [2.45, 2.75) is 27.2 Å². The lowest BCUT2D eigenvalue weighted by atomic mass is 10.1. The van der Waals surface area contributed by atoms with E-state index >= 15 is 0 Å². The van der Waals surface area contributed by atoms with Crippen LogP contribution in [0.3, 0.4) is 0 Å². The van der Waals surface area contributed by atoms with Crippen molar-refractivity contribution in [1.29, 1.82) is 0 Å². The number of ether oxygens (including phenoxy) is 4. The van der Waals surface area contributed by atoms with Gasteiger partial charge >= 0.3 is 0 Å². The van der Waals surface area contributed by atoms with E-state index in [0.717, 1.165) is 60.9 Å². The van der Waals surface area contributed by atoms with Gasteiger partial charge in [0.05, 0.1) is 13.7 Å². The van der Waals surface area contributed by atoms with Gasteiger partial charge in [0.1, 0.15) is 49.3 Å². The van der Waals surface area contributed by atoms with Gasteiger partial charge < -0.3 is 18.9 Å². The Morgan fingerprint density at radius 1 is 0.727 bits per heavy atom. The summed E-state index contributed by atoms with van der Waals surface area (Å²) in [6, 6.07) is 22.9. The summed E-state index contributed by atoms with van der Waals surface area (Å²) in [5, 5.41) is 0. The van der Waals surface area contributed by atoms with Gasteiger partial charge in [-0.3, -0.25) is 24.2 Å². The van der Waals surface area contributed by atoms with Crippen LogP contribution >= 0.6 is 0 Å². The van der Waals surface area contributed by atoms with Gasteiger partial charge in [-0.15, -0.1) is 0 Å². The summed E-state index contributed by atoms with van der Waals surface area (Å²) in [5.74, 6) is 3.01. The van der Waals surface area contributed by atoms with Gasteiger partial charge in [-0.25, -0.2) is 0 Å². The zero-order valence-electron chi connectivity index (χ0n) is 25.4. The number of rotatable bonds is 8. The van der Waals surface area contributed by atoms with Crippen LogP contribution in [0.4, 0.5) is 0 Å². The fraction of sp³-hybridized carbons (Fsp3) is 0.229. The molecule has 4 aromatic rings. The van der Waals surface area contributed by atoms with Crippen molar-refractivity contribution in [2.75, 3.05) is 26.9 Å². The summed E-state index contributed by atoms with van der Waals surface area (Å²) in [6.07, 6.45) is 4.18. The number of fused-ring (bicyclic) bond motifs is 1. The molecule has 1 aliphatic rings. The van der Waals surface area contributed by atoms with Crippen molar-refractivity contribution in [1.82, 2.24) is 4.98 Å². The van der Waals surface area contributed by atoms with Crippen LogP contribution in [0.1, 0.15) is 66.2 Å². The Labute approximate surface area is 257 Å². The van der Waals surface area contributed by atoms with Gasteiger partial charge in [-0.2, -0.15) is 0 Å². The van der Waals surface area contributed by atoms with Crippen LogP contribution in [0, 0.1) is 13.8 Å². The van der Waals surface area contributed by atoms with Crippen LogP contribution in [0.15, 0.2) is 78.9 Å². The van der Waals surface area contributed by atoms with E-state index in [1.165, 1.54) is 0 Å². The second-order valence-electron chi connectivity index (χ2n) is 9.22. The fourth-order valence-electron chi connectivity index (χ4n) is 3.60. The van der Waals surface area contributed by atoms with Gasteiger partial charge in [0.25, 0.3) is 0 Å². The maximum atomic E-state index is 10.4. The number of aromatic nitrogens is 1. The van der Waals surface area contributed by atoms with E-state index in [9.17, 15) is 19.2 Å². The highest BCUT2D eigenvalue weighted by Gasteiger charge is 2.10. The SMILES string of the molecule is CCCOc1ccc(C=O)cc1.COc1ccc(C=O)cc1C.Cc1cccc(C=O)n1.O=Cc1ccc2c(c1)OCCO2. The normalized spacial score (nSPS) is 10.5. The third-order valence-electron chi connectivity index (χ3n) is 5.78. The molecule has 0 amide bonds. The second-order valence-corrected chi connectivity index (χ2v) is 9.22. The zero-order chi connectivity index (χ0) is 32.2. The second kappa shape index (κ2) is 19.7. The molecule has 1 aliphatic heterocycles. The number of aldehydes is 4. The van der Waals surface area contributed by atoms with E-state index in [1.54, 1.807) is 73.8 Å². The van der Waals surface area contributed by atoms with E-state index in [1.807, 2.05) is 26.0 Å². The molecule has 0 aliphatic carbocycles. The zero-order valence-corrected chi connectivity index (χ0v) is 25.4. The Kier molecular flexibility index (Phi) is 15.7. The predicted octanol–water partition coefficient (Wildman–Crippen LogP) is 6.58. The van der Waals surface area contributed by atoms with E-state index < -0.39 is 0 Å². The first-order chi connectivity index (χ1) is 21.4. The number of pyridine rings is 1. The monoisotopic (exact) mass is 599 g/mol. The van der Waals surface area contributed by atoms with Gasteiger partial charge in [0.15, 0.2) is 17.8 Å². The summed E-state index contributed by atoms with van der Waals surface area (Å²) in [7, 11) is 1.61. The summed E-state index contributed by atoms with van der Waals surface area (Å²) in [4.78, 5) is 45.0. The predicted molar refractivity (Wildman–Crippen MR) is 168 cm³/mol. The number of hydrogen-bond donors (Lipinski definition) is 0. The van der Waals surface area contributed by atoms with Crippen molar-refractivity contribution >= 4 is 25.1 Å². The van der Waals surface area contributed by atoms with Crippen molar-refractivity contribution < 1.29 is 38.1 Å². The highest BCUT2D eigenvalue weighted by atomic mass is 16.6. The molecule has 3 aromatic carbocycles. The molecule has 1 aromatic heterocycles.